The summed E-state index contributed by atoms with van der Waals surface area (Å²) in [5, 5.41) is 3.65. The van der Waals surface area contributed by atoms with E-state index in [-0.39, 0.29) is 0 Å². The fourth-order valence-electron chi connectivity index (χ4n) is 4.56. The zero-order chi connectivity index (χ0) is 14.7. The van der Waals surface area contributed by atoms with Crippen molar-refractivity contribution in [1.29, 1.82) is 0 Å². The van der Waals surface area contributed by atoms with Gasteiger partial charge in [0.25, 0.3) is 0 Å². The van der Waals surface area contributed by atoms with Crippen molar-refractivity contribution in [3.63, 3.8) is 0 Å². The molecule has 0 spiro atoms. The Bertz CT molecular complexity index is 441. The Kier molecular flexibility index (Phi) is 5.39. The van der Waals surface area contributed by atoms with Gasteiger partial charge in [-0.25, -0.2) is 0 Å². The zero-order valence-corrected chi connectivity index (χ0v) is 14.7. The molecule has 2 heteroatoms. The maximum absolute atomic E-state index is 3.65. The topological polar surface area (TPSA) is 12.0 Å². The summed E-state index contributed by atoms with van der Waals surface area (Å²) in [5.74, 6) is 3.78. The van der Waals surface area contributed by atoms with Gasteiger partial charge in [0.15, 0.2) is 0 Å². The van der Waals surface area contributed by atoms with Crippen LogP contribution in [-0.4, -0.2) is 13.1 Å². The van der Waals surface area contributed by atoms with Gasteiger partial charge in [0.2, 0.25) is 0 Å². The molecule has 0 aliphatic heterocycles. The lowest BCUT2D eigenvalue weighted by Crippen LogP contribution is -2.25. The van der Waals surface area contributed by atoms with Gasteiger partial charge in [0.1, 0.15) is 0 Å². The largest absolute Gasteiger partial charge is 0.316 e. The second kappa shape index (κ2) is 7.28. The van der Waals surface area contributed by atoms with Crippen molar-refractivity contribution < 1.29 is 0 Å². The predicted molar refractivity (Wildman–Crippen MR) is 93.6 cm³/mol. The van der Waals surface area contributed by atoms with Crippen molar-refractivity contribution in [1.82, 2.24) is 5.32 Å². The van der Waals surface area contributed by atoms with Crippen LogP contribution in [0.3, 0.4) is 0 Å². The van der Waals surface area contributed by atoms with E-state index in [4.69, 9.17) is 0 Å². The minimum absolute atomic E-state index is 0.689. The molecule has 2 aliphatic carbocycles. The number of fused-ring (bicyclic) bond motifs is 2. The van der Waals surface area contributed by atoms with Gasteiger partial charge >= 0.3 is 0 Å². The molecule has 1 N–H and O–H groups in total. The lowest BCUT2D eigenvalue weighted by molar-refractivity contribution is 0.291. The van der Waals surface area contributed by atoms with Crippen molar-refractivity contribution >= 4 is 15.9 Å². The smallest absolute Gasteiger partial charge is 0.0175 e. The van der Waals surface area contributed by atoms with Gasteiger partial charge in [-0.15, -0.1) is 0 Å². The molecular formula is C19H28BrN. The fourth-order valence-corrected chi connectivity index (χ4v) is 4.82. The molecule has 1 aromatic carbocycles. The Labute approximate surface area is 138 Å². The molecule has 1 nitrogen and oxygen atoms in total. The SMILES string of the molecule is CCCNCC(CC1CC2CCC1C2)c1ccc(Br)cc1. The summed E-state index contributed by atoms with van der Waals surface area (Å²) in [6.07, 6.45) is 8.66. The third kappa shape index (κ3) is 3.90. The first kappa shape index (κ1) is 15.6. The fraction of sp³-hybridized carbons (Fsp3) is 0.684. The third-order valence-corrected chi connectivity index (χ3v) is 6.16. The third-order valence-electron chi connectivity index (χ3n) is 5.63. The number of hydrogen-bond acceptors (Lipinski definition) is 1. The normalized spacial score (nSPS) is 29.0. The van der Waals surface area contributed by atoms with Crippen molar-refractivity contribution in [3.8, 4) is 0 Å². The molecule has 0 amide bonds. The van der Waals surface area contributed by atoms with E-state index >= 15 is 0 Å². The average Bonchev–Trinajstić information content (AvgIpc) is 3.10. The van der Waals surface area contributed by atoms with Gasteiger partial charge in [0.05, 0.1) is 0 Å². The molecule has 21 heavy (non-hydrogen) atoms. The van der Waals surface area contributed by atoms with Crippen LogP contribution in [0.25, 0.3) is 0 Å². The molecule has 0 saturated heterocycles. The van der Waals surface area contributed by atoms with Crippen LogP contribution in [0.4, 0.5) is 0 Å². The van der Waals surface area contributed by atoms with Gasteiger partial charge in [0, 0.05) is 11.0 Å². The molecule has 2 bridgehead atoms. The standard InChI is InChI=1S/C19H28BrN/c1-2-9-21-13-18(15-5-7-19(20)8-6-15)12-17-11-14-3-4-16(17)10-14/h5-8,14,16-18,21H,2-4,9-13H2,1H3. The summed E-state index contributed by atoms with van der Waals surface area (Å²) >= 11 is 3.56. The first-order chi connectivity index (χ1) is 10.3. The highest BCUT2D eigenvalue weighted by atomic mass is 79.9. The molecule has 0 radical (unpaired) electrons. The minimum Gasteiger partial charge on any atom is -0.316 e. The number of benzene rings is 1. The van der Waals surface area contributed by atoms with Crippen LogP contribution in [-0.2, 0) is 0 Å². The Morgan fingerprint density at radius 3 is 2.62 bits per heavy atom. The van der Waals surface area contributed by atoms with E-state index in [1.54, 1.807) is 0 Å². The zero-order valence-electron chi connectivity index (χ0n) is 13.2. The molecule has 0 aromatic heterocycles. The van der Waals surface area contributed by atoms with E-state index in [0.29, 0.717) is 5.92 Å². The summed E-state index contributed by atoms with van der Waals surface area (Å²) in [5.41, 5.74) is 1.52. The van der Waals surface area contributed by atoms with E-state index in [2.05, 4.69) is 52.4 Å². The lowest BCUT2D eigenvalue weighted by atomic mass is 9.80. The highest BCUT2D eigenvalue weighted by Crippen LogP contribution is 2.51. The number of halogens is 1. The monoisotopic (exact) mass is 349 g/mol. The molecule has 4 unspecified atom stereocenters. The maximum Gasteiger partial charge on any atom is 0.0175 e. The van der Waals surface area contributed by atoms with Crippen molar-refractivity contribution in [2.24, 2.45) is 17.8 Å². The summed E-state index contributed by atoms with van der Waals surface area (Å²) in [6, 6.07) is 9.02. The van der Waals surface area contributed by atoms with Gasteiger partial charge in [-0.3, -0.25) is 0 Å². The Balaban J connectivity index is 1.65. The Morgan fingerprint density at radius 2 is 2.00 bits per heavy atom. The second-order valence-electron chi connectivity index (χ2n) is 7.12. The molecule has 2 fully saturated rings. The van der Waals surface area contributed by atoms with Crippen LogP contribution in [0.5, 0.6) is 0 Å². The summed E-state index contributed by atoms with van der Waals surface area (Å²) in [7, 11) is 0. The lowest BCUT2D eigenvalue weighted by Gasteiger charge is -2.27. The number of rotatable bonds is 7. The molecule has 3 rings (SSSR count). The molecular weight excluding hydrogens is 322 g/mol. The van der Waals surface area contributed by atoms with Gasteiger partial charge in [-0.1, -0.05) is 41.4 Å². The molecule has 1 aromatic rings. The van der Waals surface area contributed by atoms with Crippen molar-refractivity contribution in [2.75, 3.05) is 13.1 Å². The second-order valence-corrected chi connectivity index (χ2v) is 8.04. The Morgan fingerprint density at radius 1 is 1.19 bits per heavy atom. The average molecular weight is 350 g/mol. The van der Waals surface area contributed by atoms with E-state index < -0.39 is 0 Å². The highest BCUT2D eigenvalue weighted by Gasteiger charge is 2.40. The van der Waals surface area contributed by atoms with E-state index in [9.17, 15) is 0 Å². The molecule has 116 valence electrons. The van der Waals surface area contributed by atoms with Crippen molar-refractivity contribution in [2.45, 2.75) is 51.4 Å². The van der Waals surface area contributed by atoms with E-state index in [0.717, 1.165) is 30.8 Å². The molecule has 2 saturated carbocycles. The first-order valence-corrected chi connectivity index (χ1v) is 9.51. The van der Waals surface area contributed by atoms with Crippen molar-refractivity contribution in [3.05, 3.63) is 34.3 Å². The highest BCUT2D eigenvalue weighted by molar-refractivity contribution is 9.10. The van der Waals surface area contributed by atoms with Gasteiger partial charge < -0.3 is 5.32 Å². The van der Waals surface area contributed by atoms with Crippen LogP contribution in [0.15, 0.2) is 28.7 Å². The quantitative estimate of drug-likeness (QED) is 0.653. The summed E-state index contributed by atoms with van der Waals surface area (Å²) in [4.78, 5) is 0. The minimum atomic E-state index is 0.689. The number of hydrogen-bond donors (Lipinski definition) is 1. The van der Waals surface area contributed by atoms with Gasteiger partial charge in [-0.2, -0.15) is 0 Å². The van der Waals surface area contributed by atoms with Crippen LogP contribution in [0.1, 0.15) is 56.9 Å². The van der Waals surface area contributed by atoms with E-state index in [1.165, 1.54) is 48.6 Å². The first-order valence-electron chi connectivity index (χ1n) is 8.72. The molecule has 2 aliphatic rings. The van der Waals surface area contributed by atoms with Crippen LogP contribution >= 0.6 is 15.9 Å². The van der Waals surface area contributed by atoms with E-state index in [1.807, 2.05) is 0 Å². The summed E-state index contributed by atoms with van der Waals surface area (Å²) in [6.45, 7) is 4.53. The van der Waals surface area contributed by atoms with Crippen LogP contribution in [0.2, 0.25) is 0 Å². The van der Waals surface area contributed by atoms with Gasteiger partial charge in [-0.05, 0) is 80.0 Å². The molecule has 0 heterocycles. The van der Waals surface area contributed by atoms with Crippen LogP contribution < -0.4 is 5.32 Å². The Hall–Kier alpha value is -0.340. The number of nitrogens with one attached hydrogen (secondary N) is 1. The summed E-state index contributed by atoms with van der Waals surface area (Å²) < 4.78 is 1.19. The maximum atomic E-state index is 3.65. The van der Waals surface area contributed by atoms with Crippen LogP contribution in [0, 0.1) is 17.8 Å². The predicted octanol–water partition coefficient (Wildman–Crippen LogP) is 5.36. The molecule has 4 atom stereocenters.